The molecule has 1 aromatic heterocycles. The Morgan fingerprint density at radius 3 is 2.44 bits per heavy atom. The number of rotatable bonds is 6. The zero-order chi connectivity index (χ0) is 12.0. The molecule has 16 heavy (non-hydrogen) atoms. The molecule has 1 aromatic rings. The molecule has 0 saturated carbocycles. The van der Waals surface area contributed by atoms with Gasteiger partial charge in [-0.15, -0.1) is 0 Å². The average Bonchev–Trinajstić information content (AvgIpc) is 2.28. The molecule has 90 valence electrons. The first kappa shape index (κ1) is 12.7. The number of aliphatic hydroxyl groups is 1. The van der Waals surface area contributed by atoms with E-state index < -0.39 is 6.10 Å². The summed E-state index contributed by atoms with van der Waals surface area (Å²) in [6.07, 6.45) is -0.0184. The maximum absolute atomic E-state index is 9.71. The van der Waals surface area contributed by atoms with Crippen LogP contribution in [-0.4, -0.2) is 28.3 Å². The smallest absolute Gasteiger partial charge is 0.320 e. The Hall–Kier alpha value is -1.36. The third-order valence-electron chi connectivity index (χ3n) is 2.00. The van der Waals surface area contributed by atoms with Crippen molar-refractivity contribution in [3.05, 3.63) is 11.8 Å². The van der Waals surface area contributed by atoms with E-state index in [0.29, 0.717) is 31.2 Å². The molecule has 0 aromatic carbocycles. The fourth-order valence-corrected chi connectivity index (χ4v) is 1.22. The topological polar surface area (TPSA) is 64.5 Å². The van der Waals surface area contributed by atoms with Crippen molar-refractivity contribution in [3.8, 4) is 11.9 Å². The Morgan fingerprint density at radius 1 is 1.19 bits per heavy atom. The lowest BCUT2D eigenvalue weighted by Crippen LogP contribution is -2.06. The highest BCUT2D eigenvalue weighted by molar-refractivity contribution is 5.20. The lowest BCUT2D eigenvalue weighted by Gasteiger charge is -2.11. The molecule has 1 N–H and O–H groups in total. The van der Waals surface area contributed by atoms with Crippen LogP contribution in [0, 0.1) is 0 Å². The average molecular weight is 226 g/mol. The molecule has 1 heterocycles. The summed E-state index contributed by atoms with van der Waals surface area (Å²) < 4.78 is 10.5. The van der Waals surface area contributed by atoms with Gasteiger partial charge in [-0.1, -0.05) is 6.92 Å². The van der Waals surface area contributed by atoms with Crippen molar-refractivity contribution in [3.63, 3.8) is 0 Å². The monoisotopic (exact) mass is 226 g/mol. The van der Waals surface area contributed by atoms with Crippen molar-refractivity contribution in [1.82, 2.24) is 9.97 Å². The summed E-state index contributed by atoms with van der Waals surface area (Å²) in [4.78, 5) is 8.18. The number of nitrogens with zero attached hydrogens (tertiary/aromatic N) is 2. The van der Waals surface area contributed by atoms with E-state index >= 15 is 0 Å². The van der Waals surface area contributed by atoms with E-state index in [4.69, 9.17) is 9.47 Å². The van der Waals surface area contributed by atoms with E-state index in [2.05, 4.69) is 9.97 Å². The highest BCUT2D eigenvalue weighted by Crippen LogP contribution is 2.21. The molecule has 0 spiro atoms. The Labute approximate surface area is 95.4 Å². The van der Waals surface area contributed by atoms with Crippen LogP contribution in [0.2, 0.25) is 0 Å². The largest absolute Gasteiger partial charge is 0.478 e. The van der Waals surface area contributed by atoms with Crippen LogP contribution >= 0.6 is 0 Å². The number of ether oxygens (including phenoxy) is 2. The predicted octanol–water partition coefficient (Wildman–Crippen LogP) is 1.72. The van der Waals surface area contributed by atoms with E-state index in [1.54, 1.807) is 6.07 Å². The highest BCUT2D eigenvalue weighted by Gasteiger charge is 2.12. The molecule has 0 bridgehead atoms. The number of aromatic nitrogens is 2. The van der Waals surface area contributed by atoms with Crippen LogP contribution in [0.5, 0.6) is 11.9 Å². The molecule has 1 rings (SSSR count). The molecule has 0 aliphatic heterocycles. The van der Waals surface area contributed by atoms with Crippen LogP contribution < -0.4 is 9.47 Å². The lowest BCUT2D eigenvalue weighted by atomic mass is 10.2. The molecule has 0 saturated heterocycles. The molecule has 1 unspecified atom stereocenters. The summed E-state index contributed by atoms with van der Waals surface area (Å²) in [5, 5.41) is 9.71. The van der Waals surface area contributed by atoms with Crippen molar-refractivity contribution < 1.29 is 14.6 Å². The van der Waals surface area contributed by atoms with Gasteiger partial charge in [0.25, 0.3) is 0 Å². The molecule has 0 radical (unpaired) electrons. The predicted molar refractivity (Wildman–Crippen MR) is 59.6 cm³/mol. The quantitative estimate of drug-likeness (QED) is 0.800. The molecule has 0 aliphatic rings. The van der Waals surface area contributed by atoms with Gasteiger partial charge in [0.1, 0.15) is 0 Å². The minimum atomic E-state index is -0.610. The second-order valence-electron chi connectivity index (χ2n) is 3.20. The maximum atomic E-state index is 9.71. The zero-order valence-electron chi connectivity index (χ0n) is 9.93. The third-order valence-corrected chi connectivity index (χ3v) is 2.00. The maximum Gasteiger partial charge on any atom is 0.320 e. The zero-order valence-corrected chi connectivity index (χ0v) is 9.93. The summed E-state index contributed by atoms with van der Waals surface area (Å²) in [6.45, 7) is 6.61. The van der Waals surface area contributed by atoms with Crippen molar-refractivity contribution in [2.45, 2.75) is 33.3 Å². The second-order valence-corrected chi connectivity index (χ2v) is 3.20. The molecule has 0 fully saturated rings. The van der Waals surface area contributed by atoms with Gasteiger partial charge < -0.3 is 14.6 Å². The van der Waals surface area contributed by atoms with E-state index in [-0.39, 0.29) is 6.01 Å². The Bertz CT molecular complexity index is 307. The summed E-state index contributed by atoms with van der Waals surface area (Å²) in [6, 6.07) is 1.89. The summed E-state index contributed by atoms with van der Waals surface area (Å²) in [7, 11) is 0. The van der Waals surface area contributed by atoms with E-state index in [0.717, 1.165) is 0 Å². The Kier molecular flexibility index (Phi) is 4.98. The molecule has 0 amide bonds. The molecule has 5 heteroatoms. The van der Waals surface area contributed by atoms with Gasteiger partial charge in [-0.05, 0) is 20.3 Å². The van der Waals surface area contributed by atoms with Crippen molar-refractivity contribution in [1.29, 1.82) is 0 Å². The van der Waals surface area contributed by atoms with Gasteiger partial charge in [-0.2, -0.15) is 9.97 Å². The van der Waals surface area contributed by atoms with Crippen molar-refractivity contribution in [2.75, 3.05) is 13.2 Å². The lowest BCUT2D eigenvalue weighted by molar-refractivity contribution is 0.165. The fraction of sp³-hybridized carbons (Fsp3) is 0.636. The summed E-state index contributed by atoms with van der Waals surface area (Å²) in [5.74, 6) is 0.434. The van der Waals surface area contributed by atoms with Crippen LogP contribution in [0.25, 0.3) is 0 Å². The van der Waals surface area contributed by atoms with E-state index in [1.165, 1.54) is 0 Å². The standard InChI is InChI=1S/C11H18N2O3/c1-4-9(14)8-7-10(15-5-2)13-11(12-8)16-6-3/h7,9,14H,4-6H2,1-3H3. The minimum absolute atomic E-state index is 0.246. The summed E-state index contributed by atoms with van der Waals surface area (Å²) >= 11 is 0. The first-order chi connectivity index (χ1) is 7.71. The van der Waals surface area contributed by atoms with Crippen LogP contribution in [-0.2, 0) is 0 Å². The first-order valence-corrected chi connectivity index (χ1v) is 5.53. The molecule has 1 atom stereocenters. The van der Waals surface area contributed by atoms with E-state index in [1.807, 2.05) is 20.8 Å². The van der Waals surface area contributed by atoms with Crippen LogP contribution in [0.4, 0.5) is 0 Å². The molecular weight excluding hydrogens is 208 g/mol. The van der Waals surface area contributed by atoms with Gasteiger partial charge in [0, 0.05) is 6.07 Å². The first-order valence-electron chi connectivity index (χ1n) is 5.53. The fourth-order valence-electron chi connectivity index (χ4n) is 1.22. The van der Waals surface area contributed by atoms with Crippen LogP contribution in [0.1, 0.15) is 39.0 Å². The van der Waals surface area contributed by atoms with Crippen LogP contribution in [0.3, 0.4) is 0 Å². The molecular formula is C11H18N2O3. The van der Waals surface area contributed by atoms with Gasteiger partial charge in [-0.3, -0.25) is 0 Å². The molecule has 5 nitrogen and oxygen atoms in total. The van der Waals surface area contributed by atoms with Gasteiger partial charge in [0.2, 0.25) is 5.88 Å². The summed E-state index contributed by atoms with van der Waals surface area (Å²) in [5.41, 5.74) is 0.532. The Morgan fingerprint density at radius 2 is 1.88 bits per heavy atom. The van der Waals surface area contributed by atoms with E-state index in [9.17, 15) is 5.11 Å². The molecule has 0 aliphatic carbocycles. The minimum Gasteiger partial charge on any atom is -0.478 e. The van der Waals surface area contributed by atoms with Gasteiger partial charge >= 0.3 is 6.01 Å². The van der Waals surface area contributed by atoms with Crippen molar-refractivity contribution >= 4 is 0 Å². The SMILES string of the molecule is CCOc1cc(C(O)CC)nc(OCC)n1. The van der Waals surface area contributed by atoms with Gasteiger partial charge in [-0.25, -0.2) is 0 Å². The number of aliphatic hydroxyl groups excluding tert-OH is 1. The Balaban J connectivity index is 2.97. The normalized spacial score (nSPS) is 12.2. The second kappa shape index (κ2) is 6.27. The van der Waals surface area contributed by atoms with Crippen molar-refractivity contribution in [2.24, 2.45) is 0 Å². The van der Waals surface area contributed by atoms with Crippen LogP contribution in [0.15, 0.2) is 6.07 Å². The number of hydrogen-bond acceptors (Lipinski definition) is 5. The third kappa shape index (κ3) is 3.34. The number of hydrogen-bond donors (Lipinski definition) is 1. The highest BCUT2D eigenvalue weighted by atomic mass is 16.5. The van der Waals surface area contributed by atoms with Gasteiger partial charge in [0.15, 0.2) is 0 Å². The van der Waals surface area contributed by atoms with Gasteiger partial charge in [0.05, 0.1) is 25.0 Å².